The van der Waals surface area contributed by atoms with Gasteiger partial charge in [0.2, 0.25) is 5.91 Å². The van der Waals surface area contributed by atoms with Crippen LogP contribution in [0.3, 0.4) is 0 Å². The largest absolute Gasteiger partial charge is 0.496 e. The van der Waals surface area contributed by atoms with E-state index in [1.807, 2.05) is 43.1 Å². The highest BCUT2D eigenvalue weighted by Gasteiger charge is 2.23. The fourth-order valence-corrected chi connectivity index (χ4v) is 3.38. The molecule has 0 atom stereocenters. The first kappa shape index (κ1) is 20.9. The van der Waals surface area contributed by atoms with E-state index in [-0.39, 0.29) is 18.4 Å². The summed E-state index contributed by atoms with van der Waals surface area (Å²) >= 11 is 0. The Labute approximate surface area is 171 Å². The van der Waals surface area contributed by atoms with Crippen molar-refractivity contribution in [3.05, 3.63) is 47.3 Å². The molecule has 0 bridgehead atoms. The Bertz CT molecular complexity index is 856. The van der Waals surface area contributed by atoms with E-state index >= 15 is 0 Å². The van der Waals surface area contributed by atoms with Crippen molar-refractivity contribution in [2.75, 3.05) is 46.9 Å². The minimum atomic E-state index is -0.135. The second-order valence-electron chi connectivity index (χ2n) is 7.34. The van der Waals surface area contributed by atoms with Gasteiger partial charge in [-0.1, -0.05) is 18.2 Å². The van der Waals surface area contributed by atoms with E-state index in [1.54, 1.807) is 17.9 Å². The summed E-state index contributed by atoms with van der Waals surface area (Å²) in [6.45, 7) is 5.58. The van der Waals surface area contributed by atoms with Gasteiger partial charge in [0.1, 0.15) is 12.3 Å². The molecule has 1 aromatic heterocycles. The van der Waals surface area contributed by atoms with Crippen molar-refractivity contribution in [2.24, 2.45) is 0 Å². The van der Waals surface area contributed by atoms with Gasteiger partial charge in [-0.3, -0.25) is 14.3 Å². The first-order chi connectivity index (χ1) is 14.0. The number of rotatable bonds is 7. The maximum Gasteiger partial charge on any atom is 0.274 e. The summed E-state index contributed by atoms with van der Waals surface area (Å²) < 4.78 is 6.91. The number of likely N-dealkylation sites (N-methyl/N-ethyl adjacent to an activating group) is 1. The van der Waals surface area contributed by atoms with Crippen LogP contribution < -0.4 is 10.1 Å². The molecule has 8 heteroatoms. The molecular weight excluding hydrogens is 370 g/mol. The van der Waals surface area contributed by atoms with Crippen LogP contribution in [0.1, 0.15) is 21.7 Å². The summed E-state index contributed by atoms with van der Waals surface area (Å²) in [5.74, 6) is 0.609. The molecule has 8 nitrogen and oxygen atoms in total. The molecule has 0 aliphatic carbocycles. The number of amides is 2. The molecule has 0 unspecified atom stereocenters. The molecule has 1 aliphatic rings. The third kappa shape index (κ3) is 5.35. The van der Waals surface area contributed by atoms with Crippen LogP contribution in [0.4, 0.5) is 0 Å². The number of hydrogen-bond donors (Lipinski definition) is 1. The summed E-state index contributed by atoms with van der Waals surface area (Å²) in [6.07, 6.45) is 0.682. The average Bonchev–Trinajstić information content (AvgIpc) is 3.08. The number of carbonyl (C=O) groups is 2. The Morgan fingerprint density at radius 3 is 2.62 bits per heavy atom. The summed E-state index contributed by atoms with van der Waals surface area (Å²) in [7, 11) is 3.69. The number of carbonyl (C=O) groups excluding carboxylic acids is 2. The SMILES string of the molecule is COc1ccccc1CCNC(=O)Cn1nc(C(=O)N2CCN(C)CC2)cc1C. The number of nitrogens with one attached hydrogen (secondary N) is 1. The summed E-state index contributed by atoms with van der Waals surface area (Å²) in [4.78, 5) is 29.0. The molecular formula is C21H29N5O3. The Balaban J connectivity index is 1.52. The van der Waals surface area contributed by atoms with Gasteiger partial charge >= 0.3 is 0 Å². The van der Waals surface area contributed by atoms with Gasteiger partial charge in [0, 0.05) is 38.4 Å². The van der Waals surface area contributed by atoms with Gasteiger partial charge in [-0.15, -0.1) is 0 Å². The summed E-state index contributed by atoms with van der Waals surface area (Å²) in [5.41, 5.74) is 2.24. The van der Waals surface area contributed by atoms with Crippen LogP contribution in [0.5, 0.6) is 5.75 Å². The first-order valence-electron chi connectivity index (χ1n) is 9.89. The van der Waals surface area contributed by atoms with Crippen molar-refractivity contribution in [3.8, 4) is 5.75 Å². The number of piperazine rings is 1. The standard InChI is InChI=1S/C21H29N5O3/c1-16-14-18(21(28)25-12-10-24(2)11-13-25)23-26(16)15-20(27)22-9-8-17-6-4-5-7-19(17)29-3/h4-7,14H,8-13,15H2,1-3H3,(H,22,27). The van der Waals surface area contributed by atoms with Crippen molar-refractivity contribution in [2.45, 2.75) is 19.9 Å². The van der Waals surface area contributed by atoms with E-state index in [9.17, 15) is 9.59 Å². The van der Waals surface area contributed by atoms with Crippen LogP contribution in [0, 0.1) is 6.92 Å². The predicted molar refractivity (Wildman–Crippen MR) is 110 cm³/mol. The van der Waals surface area contributed by atoms with Crippen LogP contribution in [0.25, 0.3) is 0 Å². The molecule has 2 amide bonds. The number of hydrogen-bond acceptors (Lipinski definition) is 5. The van der Waals surface area contributed by atoms with E-state index in [1.165, 1.54) is 0 Å². The van der Waals surface area contributed by atoms with Crippen LogP contribution >= 0.6 is 0 Å². The number of benzene rings is 1. The number of ether oxygens (including phenoxy) is 1. The molecule has 0 radical (unpaired) electrons. The number of para-hydroxylation sites is 1. The van der Waals surface area contributed by atoms with Crippen LogP contribution in [0.2, 0.25) is 0 Å². The zero-order valence-corrected chi connectivity index (χ0v) is 17.4. The molecule has 2 heterocycles. The smallest absolute Gasteiger partial charge is 0.274 e. The van der Waals surface area contributed by atoms with Gasteiger partial charge in [-0.2, -0.15) is 5.10 Å². The van der Waals surface area contributed by atoms with Gasteiger partial charge < -0.3 is 19.9 Å². The molecule has 1 aromatic carbocycles. The molecule has 1 saturated heterocycles. The van der Waals surface area contributed by atoms with E-state index in [4.69, 9.17) is 4.74 Å². The lowest BCUT2D eigenvalue weighted by Gasteiger charge is -2.31. The highest BCUT2D eigenvalue weighted by Crippen LogP contribution is 2.17. The number of aryl methyl sites for hydroxylation is 1. The Morgan fingerprint density at radius 1 is 1.17 bits per heavy atom. The lowest BCUT2D eigenvalue weighted by molar-refractivity contribution is -0.121. The lowest BCUT2D eigenvalue weighted by Crippen LogP contribution is -2.47. The molecule has 3 rings (SSSR count). The molecule has 0 saturated carbocycles. The van der Waals surface area contributed by atoms with Crippen LogP contribution in [-0.4, -0.2) is 78.3 Å². The van der Waals surface area contributed by atoms with E-state index in [0.717, 1.165) is 30.1 Å². The molecule has 2 aromatic rings. The Morgan fingerprint density at radius 2 is 1.90 bits per heavy atom. The Hall–Kier alpha value is -2.87. The number of aromatic nitrogens is 2. The van der Waals surface area contributed by atoms with E-state index in [0.29, 0.717) is 31.7 Å². The van der Waals surface area contributed by atoms with Crippen molar-refractivity contribution < 1.29 is 14.3 Å². The maximum absolute atomic E-state index is 12.7. The first-order valence-corrected chi connectivity index (χ1v) is 9.89. The summed E-state index contributed by atoms with van der Waals surface area (Å²) in [6, 6.07) is 9.51. The molecule has 1 fully saturated rings. The third-order valence-electron chi connectivity index (χ3n) is 5.19. The fraction of sp³-hybridized carbons (Fsp3) is 0.476. The second-order valence-corrected chi connectivity index (χ2v) is 7.34. The lowest BCUT2D eigenvalue weighted by atomic mass is 10.1. The average molecular weight is 399 g/mol. The summed E-state index contributed by atoms with van der Waals surface area (Å²) in [5, 5.41) is 7.28. The van der Waals surface area contributed by atoms with Gasteiger partial charge in [0.25, 0.3) is 5.91 Å². The minimum absolute atomic E-state index is 0.0727. The predicted octanol–water partition coefficient (Wildman–Crippen LogP) is 0.947. The van der Waals surface area contributed by atoms with E-state index < -0.39 is 0 Å². The van der Waals surface area contributed by atoms with Gasteiger partial charge in [-0.25, -0.2) is 0 Å². The highest BCUT2D eigenvalue weighted by molar-refractivity contribution is 5.92. The second kappa shape index (κ2) is 9.56. The number of methoxy groups -OCH3 is 1. The third-order valence-corrected chi connectivity index (χ3v) is 5.19. The fourth-order valence-electron chi connectivity index (χ4n) is 3.38. The minimum Gasteiger partial charge on any atom is -0.496 e. The molecule has 1 N–H and O–H groups in total. The molecule has 156 valence electrons. The van der Waals surface area contributed by atoms with Crippen molar-refractivity contribution in [3.63, 3.8) is 0 Å². The van der Waals surface area contributed by atoms with Crippen LogP contribution in [0.15, 0.2) is 30.3 Å². The van der Waals surface area contributed by atoms with Crippen molar-refractivity contribution in [1.82, 2.24) is 24.9 Å². The molecule has 0 spiro atoms. The van der Waals surface area contributed by atoms with Crippen molar-refractivity contribution in [1.29, 1.82) is 0 Å². The van der Waals surface area contributed by atoms with Gasteiger partial charge in [0.15, 0.2) is 5.69 Å². The Kier molecular flexibility index (Phi) is 6.87. The van der Waals surface area contributed by atoms with E-state index in [2.05, 4.69) is 15.3 Å². The monoisotopic (exact) mass is 399 g/mol. The molecule has 1 aliphatic heterocycles. The number of nitrogens with zero attached hydrogens (tertiary/aromatic N) is 4. The highest BCUT2D eigenvalue weighted by atomic mass is 16.5. The normalized spacial score (nSPS) is 14.7. The van der Waals surface area contributed by atoms with Crippen molar-refractivity contribution >= 4 is 11.8 Å². The quantitative estimate of drug-likeness (QED) is 0.750. The topological polar surface area (TPSA) is 79.7 Å². The van der Waals surface area contributed by atoms with Crippen LogP contribution in [-0.2, 0) is 17.8 Å². The maximum atomic E-state index is 12.7. The molecule has 29 heavy (non-hydrogen) atoms. The van der Waals surface area contributed by atoms with Gasteiger partial charge in [-0.05, 0) is 38.1 Å². The zero-order chi connectivity index (χ0) is 20.8. The zero-order valence-electron chi connectivity index (χ0n) is 17.4. The van der Waals surface area contributed by atoms with Gasteiger partial charge in [0.05, 0.1) is 7.11 Å².